The SMILES string of the molecule is COC(=O)C(C)(C)N(C)C(=O)c1nc(N2CCCC2)ncc1Cl. The smallest absolute Gasteiger partial charge is 0.331 e. The van der Waals surface area contributed by atoms with E-state index in [0.717, 1.165) is 25.9 Å². The van der Waals surface area contributed by atoms with Gasteiger partial charge < -0.3 is 14.5 Å². The van der Waals surface area contributed by atoms with Crippen LogP contribution in [0, 0.1) is 0 Å². The summed E-state index contributed by atoms with van der Waals surface area (Å²) in [6.45, 7) is 4.93. The summed E-state index contributed by atoms with van der Waals surface area (Å²) in [6, 6.07) is 0. The van der Waals surface area contributed by atoms with Gasteiger partial charge in [-0.05, 0) is 26.7 Å². The highest BCUT2D eigenvalue weighted by Crippen LogP contribution is 2.23. The molecular weight excluding hydrogens is 320 g/mol. The molecular formula is C15H21ClN4O3. The van der Waals surface area contributed by atoms with Crippen molar-refractivity contribution < 1.29 is 14.3 Å². The summed E-state index contributed by atoms with van der Waals surface area (Å²) in [4.78, 5) is 36.4. The van der Waals surface area contributed by atoms with Gasteiger partial charge in [-0.25, -0.2) is 14.8 Å². The topological polar surface area (TPSA) is 75.6 Å². The van der Waals surface area contributed by atoms with Crippen molar-refractivity contribution in [3.05, 3.63) is 16.9 Å². The number of halogens is 1. The number of ether oxygens (including phenoxy) is 1. The van der Waals surface area contributed by atoms with Crippen molar-refractivity contribution in [3.8, 4) is 0 Å². The van der Waals surface area contributed by atoms with Gasteiger partial charge in [0.1, 0.15) is 5.54 Å². The lowest BCUT2D eigenvalue weighted by Gasteiger charge is -2.32. The van der Waals surface area contributed by atoms with E-state index >= 15 is 0 Å². The molecule has 1 aromatic heterocycles. The monoisotopic (exact) mass is 340 g/mol. The van der Waals surface area contributed by atoms with E-state index in [1.807, 2.05) is 4.90 Å². The maximum atomic E-state index is 12.7. The molecule has 0 N–H and O–H groups in total. The lowest BCUT2D eigenvalue weighted by atomic mass is 10.0. The number of hydrogen-bond acceptors (Lipinski definition) is 6. The van der Waals surface area contributed by atoms with Gasteiger partial charge in [0.2, 0.25) is 5.95 Å². The summed E-state index contributed by atoms with van der Waals surface area (Å²) < 4.78 is 4.75. The Labute approximate surface area is 140 Å². The second kappa shape index (κ2) is 6.70. The minimum absolute atomic E-state index is 0.0862. The highest BCUT2D eigenvalue weighted by Gasteiger charge is 2.38. The molecule has 2 rings (SSSR count). The van der Waals surface area contributed by atoms with Gasteiger partial charge in [0.15, 0.2) is 5.69 Å². The third-order valence-electron chi connectivity index (χ3n) is 4.15. The molecule has 23 heavy (non-hydrogen) atoms. The van der Waals surface area contributed by atoms with Crippen LogP contribution in [0.1, 0.15) is 37.2 Å². The Bertz CT molecular complexity index is 615. The Morgan fingerprint density at radius 1 is 1.35 bits per heavy atom. The lowest BCUT2D eigenvalue weighted by Crippen LogP contribution is -2.51. The van der Waals surface area contributed by atoms with Crippen molar-refractivity contribution in [2.45, 2.75) is 32.2 Å². The molecule has 0 aromatic carbocycles. The largest absolute Gasteiger partial charge is 0.467 e. The number of carbonyl (C=O) groups is 2. The number of anilines is 1. The van der Waals surface area contributed by atoms with Crippen LogP contribution in [0.2, 0.25) is 5.02 Å². The summed E-state index contributed by atoms with van der Waals surface area (Å²) >= 11 is 6.10. The third kappa shape index (κ3) is 3.39. The first-order valence-electron chi connectivity index (χ1n) is 7.43. The number of likely N-dealkylation sites (N-methyl/N-ethyl adjacent to an activating group) is 1. The zero-order valence-electron chi connectivity index (χ0n) is 13.8. The molecule has 1 saturated heterocycles. The van der Waals surface area contributed by atoms with E-state index < -0.39 is 17.4 Å². The van der Waals surface area contributed by atoms with Gasteiger partial charge in [-0.15, -0.1) is 0 Å². The van der Waals surface area contributed by atoms with Crippen LogP contribution < -0.4 is 4.90 Å². The zero-order valence-corrected chi connectivity index (χ0v) is 14.6. The van der Waals surface area contributed by atoms with Gasteiger partial charge in [0, 0.05) is 20.1 Å². The van der Waals surface area contributed by atoms with E-state index in [0.29, 0.717) is 5.95 Å². The quantitative estimate of drug-likeness (QED) is 0.777. The van der Waals surface area contributed by atoms with E-state index in [9.17, 15) is 9.59 Å². The summed E-state index contributed by atoms with van der Waals surface area (Å²) in [7, 11) is 2.80. The first kappa shape index (κ1) is 17.5. The Morgan fingerprint density at radius 3 is 2.52 bits per heavy atom. The predicted octanol–water partition coefficient (Wildman–Crippen LogP) is 1.75. The summed E-state index contributed by atoms with van der Waals surface area (Å²) in [5.41, 5.74) is -1.04. The molecule has 1 aromatic rings. The molecule has 7 nitrogen and oxygen atoms in total. The molecule has 0 unspecified atom stereocenters. The fourth-order valence-corrected chi connectivity index (χ4v) is 2.55. The molecule has 1 aliphatic rings. The molecule has 8 heteroatoms. The summed E-state index contributed by atoms with van der Waals surface area (Å²) in [6.07, 6.45) is 3.57. The molecule has 126 valence electrons. The number of carbonyl (C=O) groups excluding carboxylic acids is 2. The van der Waals surface area contributed by atoms with Crippen LogP contribution in [-0.4, -0.2) is 59.5 Å². The molecule has 1 fully saturated rings. The van der Waals surface area contributed by atoms with Crippen LogP contribution in [0.5, 0.6) is 0 Å². The number of aromatic nitrogens is 2. The van der Waals surface area contributed by atoms with E-state index in [2.05, 4.69) is 9.97 Å². The number of esters is 1. The first-order valence-corrected chi connectivity index (χ1v) is 7.81. The van der Waals surface area contributed by atoms with Crippen molar-refractivity contribution in [2.24, 2.45) is 0 Å². The molecule has 0 aliphatic carbocycles. The maximum absolute atomic E-state index is 12.7. The lowest BCUT2D eigenvalue weighted by molar-refractivity contribution is -0.150. The third-order valence-corrected chi connectivity index (χ3v) is 4.43. The first-order chi connectivity index (χ1) is 10.8. The molecule has 1 aliphatic heterocycles. The second-order valence-corrected chi connectivity index (χ2v) is 6.38. The minimum atomic E-state index is -1.13. The Balaban J connectivity index is 2.31. The van der Waals surface area contributed by atoms with Crippen LogP contribution >= 0.6 is 11.6 Å². The van der Waals surface area contributed by atoms with Crippen molar-refractivity contribution in [1.82, 2.24) is 14.9 Å². The Kier molecular flexibility index (Phi) is 5.09. The van der Waals surface area contributed by atoms with Crippen LogP contribution in [-0.2, 0) is 9.53 Å². The van der Waals surface area contributed by atoms with E-state index in [1.54, 1.807) is 13.8 Å². The molecule has 0 bridgehead atoms. The number of methoxy groups -OCH3 is 1. The van der Waals surface area contributed by atoms with Crippen molar-refractivity contribution in [3.63, 3.8) is 0 Å². The van der Waals surface area contributed by atoms with E-state index in [1.165, 1.54) is 25.3 Å². The number of nitrogens with zero attached hydrogens (tertiary/aromatic N) is 4. The molecule has 0 spiro atoms. The standard InChI is InChI=1S/C15H21ClN4O3/c1-15(2,13(22)23-4)19(3)12(21)11-10(16)9-17-14(18-11)20-7-5-6-8-20/h9H,5-8H2,1-4H3. The minimum Gasteiger partial charge on any atom is -0.467 e. The molecule has 1 amide bonds. The van der Waals surface area contributed by atoms with Crippen LogP contribution in [0.25, 0.3) is 0 Å². The molecule has 0 radical (unpaired) electrons. The van der Waals surface area contributed by atoms with Gasteiger partial charge in [-0.1, -0.05) is 11.6 Å². The van der Waals surface area contributed by atoms with E-state index in [-0.39, 0.29) is 10.7 Å². The van der Waals surface area contributed by atoms with E-state index in [4.69, 9.17) is 16.3 Å². The average Bonchev–Trinajstić information content (AvgIpc) is 3.07. The van der Waals surface area contributed by atoms with Gasteiger partial charge in [-0.2, -0.15) is 0 Å². The fourth-order valence-electron chi connectivity index (χ4n) is 2.38. The number of amides is 1. The van der Waals surface area contributed by atoms with Gasteiger partial charge in [0.05, 0.1) is 18.3 Å². The van der Waals surface area contributed by atoms with Gasteiger partial charge >= 0.3 is 5.97 Å². The highest BCUT2D eigenvalue weighted by atomic mass is 35.5. The highest BCUT2D eigenvalue weighted by molar-refractivity contribution is 6.33. The van der Waals surface area contributed by atoms with Crippen LogP contribution in [0.4, 0.5) is 5.95 Å². The fraction of sp³-hybridized carbons (Fsp3) is 0.600. The van der Waals surface area contributed by atoms with Gasteiger partial charge in [0.25, 0.3) is 5.91 Å². The number of hydrogen-bond donors (Lipinski definition) is 0. The summed E-state index contributed by atoms with van der Waals surface area (Å²) in [5.74, 6) is -0.480. The van der Waals surface area contributed by atoms with Crippen molar-refractivity contribution >= 4 is 29.4 Å². The summed E-state index contributed by atoms with van der Waals surface area (Å²) in [5, 5.41) is 0.158. The second-order valence-electron chi connectivity index (χ2n) is 5.98. The van der Waals surface area contributed by atoms with Crippen LogP contribution in [0.15, 0.2) is 6.20 Å². The molecule has 2 heterocycles. The maximum Gasteiger partial charge on any atom is 0.331 e. The number of rotatable bonds is 4. The molecule has 0 atom stereocenters. The Morgan fingerprint density at radius 2 is 1.96 bits per heavy atom. The van der Waals surface area contributed by atoms with Crippen LogP contribution in [0.3, 0.4) is 0 Å². The average molecular weight is 341 g/mol. The molecule has 0 saturated carbocycles. The zero-order chi connectivity index (χ0) is 17.2. The predicted molar refractivity (Wildman–Crippen MR) is 86.7 cm³/mol. The normalized spacial score (nSPS) is 14.7. The van der Waals surface area contributed by atoms with Crippen molar-refractivity contribution in [2.75, 3.05) is 32.1 Å². The van der Waals surface area contributed by atoms with Gasteiger partial charge in [-0.3, -0.25) is 4.79 Å². The van der Waals surface area contributed by atoms with Crippen molar-refractivity contribution in [1.29, 1.82) is 0 Å². The Hall–Kier alpha value is -1.89.